The van der Waals surface area contributed by atoms with Crippen LogP contribution in [0.5, 0.6) is 11.5 Å². The van der Waals surface area contributed by atoms with Gasteiger partial charge in [0.25, 0.3) is 0 Å². The van der Waals surface area contributed by atoms with Crippen LogP contribution in [0.25, 0.3) is 0 Å². The second kappa shape index (κ2) is 8.02. The van der Waals surface area contributed by atoms with Crippen molar-refractivity contribution in [3.05, 3.63) is 23.8 Å². The summed E-state index contributed by atoms with van der Waals surface area (Å²) in [5.74, 6) is 1.99. The molecule has 0 heterocycles. The monoisotopic (exact) mass is 267 g/mol. The van der Waals surface area contributed by atoms with Gasteiger partial charge in [0.2, 0.25) is 0 Å². The summed E-state index contributed by atoms with van der Waals surface area (Å²) >= 11 is 0. The predicted octanol–water partition coefficient (Wildman–Crippen LogP) is 2.20. The van der Waals surface area contributed by atoms with Crippen molar-refractivity contribution in [2.24, 2.45) is 5.92 Å². The third-order valence-electron chi connectivity index (χ3n) is 2.73. The van der Waals surface area contributed by atoms with Crippen LogP contribution in [0.1, 0.15) is 26.3 Å². The molecule has 1 aromatic rings. The minimum absolute atomic E-state index is 0.0853. The highest BCUT2D eigenvalue weighted by molar-refractivity contribution is 5.43. The molecule has 1 rings (SSSR count). The zero-order valence-corrected chi connectivity index (χ0v) is 12.3. The van der Waals surface area contributed by atoms with Crippen molar-refractivity contribution >= 4 is 0 Å². The van der Waals surface area contributed by atoms with Crippen molar-refractivity contribution in [3.63, 3.8) is 0 Å². The molecule has 108 valence electrons. The molecule has 0 aliphatic carbocycles. The van der Waals surface area contributed by atoms with Crippen LogP contribution in [-0.2, 0) is 6.54 Å². The number of aliphatic hydroxyl groups is 1. The van der Waals surface area contributed by atoms with Crippen LogP contribution in [0.2, 0.25) is 0 Å². The number of rotatable bonds is 8. The molecule has 19 heavy (non-hydrogen) atoms. The molecule has 4 heteroatoms. The highest BCUT2D eigenvalue weighted by atomic mass is 16.5. The third kappa shape index (κ3) is 5.49. The van der Waals surface area contributed by atoms with Crippen LogP contribution < -0.4 is 14.8 Å². The Hall–Kier alpha value is -1.26. The van der Waals surface area contributed by atoms with Gasteiger partial charge in [-0.25, -0.2) is 0 Å². The number of methoxy groups -OCH3 is 1. The van der Waals surface area contributed by atoms with E-state index in [1.54, 1.807) is 7.11 Å². The third-order valence-corrected chi connectivity index (χ3v) is 2.73. The molecule has 0 aromatic heterocycles. The fraction of sp³-hybridized carbons (Fsp3) is 0.600. The molecule has 0 saturated carbocycles. The van der Waals surface area contributed by atoms with Crippen LogP contribution in [0.3, 0.4) is 0 Å². The highest BCUT2D eigenvalue weighted by Gasteiger charge is 2.07. The topological polar surface area (TPSA) is 50.7 Å². The van der Waals surface area contributed by atoms with E-state index in [1.807, 2.05) is 25.1 Å². The van der Waals surface area contributed by atoms with Gasteiger partial charge >= 0.3 is 0 Å². The SMILES string of the molecule is COc1ccc(CN[C@H](C)CO)cc1OCC(C)C. The number of benzene rings is 1. The second-order valence-corrected chi connectivity index (χ2v) is 5.15. The van der Waals surface area contributed by atoms with Gasteiger partial charge < -0.3 is 19.9 Å². The Morgan fingerprint density at radius 1 is 1.21 bits per heavy atom. The van der Waals surface area contributed by atoms with Gasteiger partial charge in [0.1, 0.15) is 0 Å². The Bertz CT molecular complexity index is 380. The van der Waals surface area contributed by atoms with Crippen molar-refractivity contribution in [1.29, 1.82) is 0 Å². The maximum atomic E-state index is 8.99. The Kier molecular flexibility index (Phi) is 6.67. The molecule has 0 amide bonds. The summed E-state index contributed by atoms with van der Waals surface area (Å²) in [5.41, 5.74) is 1.11. The summed E-state index contributed by atoms with van der Waals surface area (Å²) in [5, 5.41) is 12.2. The molecule has 0 unspecified atom stereocenters. The van der Waals surface area contributed by atoms with Crippen LogP contribution in [0, 0.1) is 5.92 Å². The normalized spacial score (nSPS) is 12.5. The summed E-state index contributed by atoms with van der Waals surface area (Å²) in [6.07, 6.45) is 0. The number of hydrogen-bond acceptors (Lipinski definition) is 4. The first-order valence-electron chi connectivity index (χ1n) is 6.70. The molecular formula is C15H25NO3. The first kappa shape index (κ1) is 15.8. The van der Waals surface area contributed by atoms with Crippen molar-refractivity contribution in [1.82, 2.24) is 5.32 Å². The van der Waals surface area contributed by atoms with Gasteiger partial charge in [-0.1, -0.05) is 19.9 Å². The van der Waals surface area contributed by atoms with Gasteiger partial charge in [-0.05, 0) is 30.5 Å². The lowest BCUT2D eigenvalue weighted by Gasteiger charge is -2.15. The zero-order chi connectivity index (χ0) is 14.3. The first-order chi connectivity index (χ1) is 9.06. The molecular weight excluding hydrogens is 242 g/mol. The van der Waals surface area contributed by atoms with E-state index in [2.05, 4.69) is 19.2 Å². The lowest BCUT2D eigenvalue weighted by molar-refractivity contribution is 0.250. The summed E-state index contributed by atoms with van der Waals surface area (Å²) in [4.78, 5) is 0. The average Bonchev–Trinajstić information content (AvgIpc) is 2.42. The summed E-state index contributed by atoms with van der Waals surface area (Å²) < 4.78 is 11.1. The molecule has 0 saturated heterocycles. The highest BCUT2D eigenvalue weighted by Crippen LogP contribution is 2.28. The second-order valence-electron chi connectivity index (χ2n) is 5.15. The van der Waals surface area contributed by atoms with E-state index in [-0.39, 0.29) is 12.6 Å². The van der Waals surface area contributed by atoms with Crippen LogP contribution in [0.4, 0.5) is 0 Å². The predicted molar refractivity (Wildman–Crippen MR) is 76.7 cm³/mol. The lowest BCUT2D eigenvalue weighted by Crippen LogP contribution is -2.28. The molecule has 1 atom stereocenters. The van der Waals surface area contributed by atoms with E-state index in [9.17, 15) is 0 Å². The Labute approximate surface area is 115 Å². The van der Waals surface area contributed by atoms with Crippen LogP contribution in [0.15, 0.2) is 18.2 Å². The van der Waals surface area contributed by atoms with Crippen LogP contribution >= 0.6 is 0 Å². The minimum Gasteiger partial charge on any atom is -0.493 e. The quantitative estimate of drug-likeness (QED) is 0.758. The van der Waals surface area contributed by atoms with Gasteiger partial charge in [-0.2, -0.15) is 0 Å². The van der Waals surface area contributed by atoms with Gasteiger partial charge in [0.15, 0.2) is 11.5 Å². The molecule has 0 fully saturated rings. The van der Waals surface area contributed by atoms with E-state index in [1.165, 1.54) is 0 Å². The van der Waals surface area contributed by atoms with Gasteiger partial charge in [0, 0.05) is 12.6 Å². The molecule has 0 bridgehead atoms. The maximum Gasteiger partial charge on any atom is 0.161 e. The van der Waals surface area contributed by atoms with Gasteiger partial charge in [0.05, 0.1) is 20.3 Å². The largest absolute Gasteiger partial charge is 0.493 e. The number of ether oxygens (including phenoxy) is 2. The van der Waals surface area contributed by atoms with Crippen molar-refractivity contribution in [3.8, 4) is 11.5 Å². The summed E-state index contributed by atoms with van der Waals surface area (Å²) in [7, 11) is 1.64. The maximum absolute atomic E-state index is 8.99. The van der Waals surface area contributed by atoms with Crippen LogP contribution in [-0.4, -0.2) is 31.5 Å². The standard InChI is InChI=1S/C15H25NO3/c1-11(2)10-19-15-7-13(5-6-14(15)18-4)8-16-12(3)9-17/h5-7,11-12,16-17H,8-10H2,1-4H3/t12-/m1/s1. The Morgan fingerprint density at radius 2 is 1.95 bits per heavy atom. The van der Waals surface area contributed by atoms with E-state index in [0.717, 1.165) is 17.1 Å². The van der Waals surface area contributed by atoms with E-state index in [4.69, 9.17) is 14.6 Å². The Balaban J connectivity index is 2.70. The summed E-state index contributed by atoms with van der Waals surface area (Å²) in [6, 6.07) is 5.98. The number of hydrogen-bond donors (Lipinski definition) is 2. The van der Waals surface area contributed by atoms with E-state index in [0.29, 0.717) is 19.1 Å². The fourth-order valence-corrected chi connectivity index (χ4v) is 1.56. The molecule has 1 aromatic carbocycles. The number of aliphatic hydroxyl groups excluding tert-OH is 1. The van der Waals surface area contributed by atoms with Crippen molar-refractivity contribution in [2.45, 2.75) is 33.4 Å². The molecule has 4 nitrogen and oxygen atoms in total. The van der Waals surface area contributed by atoms with E-state index < -0.39 is 0 Å². The lowest BCUT2D eigenvalue weighted by atomic mass is 10.2. The molecule has 0 radical (unpaired) electrons. The van der Waals surface area contributed by atoms with Gasteiger partial charge in [-0.3, -0.25) is 0 Å². The first-order valence-corrected chi connectivity index (χ1v) is 6.70. The molecule has 0 aliphatic rings. The minimum atomic E-state index is 0.0853. The number of nitrogens with one attached hydrogen (secondary N) is 1. The average molecular weight is 267 g/mol. The Morgan fingerprint density at radius 3 is 2.53 bits per heavy atom. The van der Waals surface area contributed by atoms with E-state index >= 15 is 0 Å². The molecule has 0 spiro atoms. The van der Waals surface area contributed by atoms with Gasteiger partial charge in [-0.15, -0.1) is 0 Å². The van der Waals surface area contributed by atoms with Crippen molar-refractivity contribution in [2.75, 3.05) is 20.3 Å². The molecule has 2 N–H and O–H groups in total. The smallest absolute Gasteiger partial charge is 0.161 e. The van der Waals surface area contributed by atoms with Crippen molar-refractivity contribution < 1.29 is 14.6 Å². The summed E-state index contributed by atoms with van der Waals surface area (Å²) in [6.45, 7) is 7.66. The molecule has 0 aliphatic heterocycles. The fourth-order valence-electron chi connectivity index (χ4n) is 1.56. The zero-order valence-electron chi connectivity index (χ0n) is 12.3.